The summed E-state index contributed by atoms with van der Waals surface area (Å²) in [5, 5.41) is 0.0733. The fraction of sp³-hybridized carbons (Fsp3) is 0.769. The van der Waals surface area contributed by atoms with Crippen molar-refractivity contribution < 1.29 is 17.6 Å². The zero-order valence-corrected chi connectivity index (χ0v) is 21.1. The van der Waals surface area contributed by atoms with Crippen LogP contribution < -0.4 is 5.30 Å². The minimum absolute atomic E-state index is 0.0733. The van der Waals surface area contributed by atoms with Crippen molar-refractivity contribution >= 4 is 13.2 Å². The highest BCUT2D eigenvalue weighted by molar-refractivity contribution is 7.65. The quantitative estimate of drug-likeness (QED) is 0.0994. The van der Waals surface area contributed by atoms with Crippen LogP contribution in [0.2, 0.25) is 0 Å². The first-order valence-electron chi connectivity index (χ1n) is 12.4. The predicted octanol–water partition coefficient (Wildman–Crippen LogP) is 9.20. The molecule has 0 N–H and O–H groups in total. The van der Waals surface area contributed by atoms with Crippen LogP contribution in [-0.2, 0) is 0 Å². The van der Waals surface area contributed by atoms with E-state index in [1.807, 2.05) is 0 Å². The highest BCUT2D eigenvalue weighted by Crippen LogP contribution is 2.42. The largest absolute Gasteiger partial charge is 0.204 e. The van der Waals surface area contributed by atoms with Gasteiger partial charge >= 0.3 is 0 Å². The molecule has 4 unspecified atom stereocenters. The molecule has 0 bridgehead atoms. The highest BCUT2D eigenvalue weighted by atomic mass is 31.1. The molecular weight excluding hydrogens is 419 g/mol. The molecule has 0 nitrogen and oxygen atoms in total. The molecule has 31 heavy (non-hydrogen) atoms. The van der Waals surface area contributed by atoms with Gasteiger partial charge in [-0.05, 0) is 42.6 Å². The summed E-state index contributed by atoms with van der Waals surface area (Å²) in [5.74, 6) is -4.23. The number of rotatable bonds is 16. The van der Waals surface area contributed by atoms with Crippen molar-refractivity contribution in [2.45, 2.75) is 98.8 Å². The Kier molecular flexibility index (Phi) is 14.0. The van der Waals surface area contributed by atoms with Gasteiger partial charge < -0.3 is 0 Å². The van der Waals surface area contributed by atoms with Gasteiger partial charge in [0.05, 0.1) is 0 Å². The molecule has 0 aliphatic rings. The van der Waals surface area contributed by atoms with Crippen LogP contribution in [-0.4, -0.2) is 12.3 Å². The first-order valence-corrected chi connectivity index (χ1v) is 14.1. The van der Waals surface area contributed by atoms with Gasteiger partial charge in [0.25, 0.3) is 0 Å². The first kappa shape index (κ1) is 28.4. The van der Waals surface area contributed by atoms with Gasteiger partial charge in [-0.15, -0.1) is 0 Å². The lowest BCUT2D eigenvalue weighted by Gasteiger charge is -2.26. The molecule has 0 saturated heterocycles. The van der Waals surface area contributed by atoms with Gasteiger partial charge in [-0.1, -0.05) is 100 Å². The van der Waals surface area contributed by atoms with E-state index in [0.29, 0.717) is 17.8 Å². The topological polar surface area (TPSA) is 0 Å². The van der Waals surface area contributed by atoms with E-state index in [1.54, 1.807) is 0 Å². The molecule has 1 rings (SSSR count). The zero-order valence-electron chi connectivity index (χ0n) is 20.3. The molecule has 0 aromatic heterocycles. The Hall–Kier alpha value is -0.630. The van der Waals surface area contributed by atoms with E-state index >= 15 is 0 Å². The van der Waals surface area contributed by atoms with Crippen molar-refractivity contribution in [3.05, 3.63) is 29.3 Å². The van der Waals surface area contributed by atoms with Crippen LogP contribution in [0.15, 0.2) is 6.07 Å². The fourth-order valence-corrected chi connectivity index (χ4v) is 7.34. The van der Waals surface area contributed by atoms with Gasteiger partial charge in [-0.25, -0.2) is 17.6 Å². The highest BCUT2D eigenvalue weighted by Gasteiger charge is 2.26. The number of halogens is 4. The molecular formula is C26H43F4P. The van der Waals surface area contributed by atoms with Gasteiger partial charge in [0.15, 0.2) is 23.3 Å². The average molecular weight is 463 g/mol. The molecule has 0 radical (unpaired) electrons. The standard InChI is InChI=1S/C26H43F4P/c1-6-10-12-21(9-4)15-16-31(18-19(5)13-14-20(8-3)11-7-2)23-17-22(27)24(28)26(30)25(23)29/h17,19-21H,6-16,18H2,1-5H3. The molecule has 1 aromatic carbocycles. The summed E-state index contributed by atoms with van der Waals surface area (Å²) in [6, 6.07) is 0.922. The summed E-state index contributed by atoms with van der Waals surface area (Å²) < 4.78 is 56.1. The SMILES string of the molecule is CCCCC(CC)CCP(CC(C)CCC(CC)CCC)c1cc(F)c(F)c(F)c1F. The maximum Gasteiger partial charge on any atom is 0.198 e. The summed E-state index contributed by atoms with van der Waals surface area (Å²) in [5.41, 5.74) is 0. The van der Waals surface area contributed by atoms with Gasteiger partial charge in [-0.3, -0.25) is 0 Å². The van der Waals surface area contributed by atoms with Crippen molar-refractivity contribution in [3.63, 3.8) is 0 Å². The van der Waals surface area contributed by atoms with Crippen LogP contribution in [0.4, 0.5) is 17.6 Å². The van der Waals surface area contributed by atoms with Crippen LogP contribution in [0, 0.1) is 41.0 Å². The van der Waals surface area contributed by atoms with Crippen LogP contribution in [0.3, 0.4) is 0 Å². The Morgan fingerprint density at radius 3 is 1.97 bits per heavy atom. The van der Waals surface area contributed by atoms with Crippen molar-refractivity contribution in [1.29, 1.82) is 0 Å². The summed E-state index contributed by atoms with van der Waals surface area (Å²) in [6.07, 6.45) is 12.6. The van der Waals surface area contributed by atoms with Crippen LogP contribution in [0.25, 0.3) is 0 Å². The third-order valence-corrected chi connectivity index (χ3v) is 9.52. The Labute approximate surface area is 189 Å². The molecule has 1 aromatic rings. The fourth-order valence-electron chi connectivity index (χ4n) is 4.43. The molecule has 5 heteroatoms. The first-order chi connectivity index (χ1) is 14.8. The smallest absolute Gasteiger partial charge is 0.198 e. The average Bonchev–Trinajstić information content (AvgIpc) is 2.76. The Morgan fingerprint density at radius 1 is 0.742 bits per heavy atom. The normalized spacial score (nSPS) is 15.6. The summed E-state index contributed by atoms with van der Waals surface area (Å²) in [7, 11) is -1.08. The van der Waals surface area contributed by atoms with Gasteiger partial charge in [0.2, 0.25) is 0 Å². The predicted molar refractivity (Wildman–Crippen MR) is 128 cm³/mol. The summed E-state index contributed by atoms with van der Waals surface area (Å²) >= 11 is 0. The Bertz CT molecular complexity index is 634. The Morgan fingerprint density at radius 2 is 1.39 bits per heavy atom. The maximum atomic E-state index is 14.7. The van der Waals surface area contributed by atoms with Crippen molar-refractivity contribution in [3.8, 4) is 0 Å². The van der Waals surface area contributed by atoms with Crippen molar-refractivity contribution in [2.75, 3.05) is 12.3 Å². The van der Waals surface area contributed by atoms with Gasteiger partial charge in [-0.2, -0.15) is 0 Å². The zero-order chi connectivity index (χ0) is 23.4. The summed E-state index contributed by atoms with van der Waals surface area (Å²) in [4.78, 5) is 0. The molecule has 4 atom stereocenters. The molecule has 0 amide bonds. The number of unbranched alkanes of at least 4 members (excludes halogenated alkanes) is 1. The number of hydrogen-bond acceptors (Lipinski definition) is 0. The van der Waals surface area contributed by atoms with E-state index in [2.05, 4.69) is 34.6 Å². The van der Waals surface area contributed by atoms with E-state index in [0.717, 1.165) is 69.8 Å². The number of benzene rings is 1. The molecule has 0 aliphatic heterocycles. The van der Waals surface area contributed by atoms with Gasteiger partial charge in [0, 0.05) is 5.30 Å². The molecule has 0 heterocycles. The minimum atomic E-state index is -1.70. The van der Waals surface area contributed by atoms with Crippen molar-refractivity contribution in [1.82, 2.24) is 0 Å². The minimum Gasteiger partial charge on any atom is -0.204 e. The van der Waals surface area contributed by atoms with Crippen LogP contribution >= 0.6 is 7.92 Å². The summed E-state index contributed by atoms with van der Waals surface area (Å²) in [6.45, 7) is 10.9. The number of hydrogen-bond donors (Lipinski definition) is 0. The monoisotopic (exact) mass is 462 g/mol. The second-order valence-corrected chi connectivity index (χ2v) is 11.6. The van der Waals surface area contributed by atoms with E-state index < -0.39 is 31.2 Å². The van der Waals surface area contributed by atoms with Gasteiger partial charge in [0.1, 0.15) is 0 Å². The third-order valence-electron chi connectivity index (χ3n) is 6.65. The Balaban J connectivity index is 2.98. The lowest BCUT2D eigenvalue weighted by Crippen LogP contribution is -2.19. The molecule has 180 valence electrons. The lowest BCUT2D eigenvalue weighted by molar-refractivity contribution is 0.389. The molecule has 0 spiro atoms. The van der Waals surface area contributed by atoms with E-state index in [9.17, 15) is 17.6 Å². The molecule has 0 saturated carbocycles. The van der Waals surface area contributed by atoms with Crippen molar-refractivity contribution in [2.24, 2.45) is 17.8 Å². The van der Waals surface area contributed by atoms with Crippen LogP contribution in [0.1, 0.15) is 98.8 Å². The third kappa shape index (κ3) is 9.40. The second kappa shape index (κ2) is 15.3. The van der Waals surface area contributed by atoms with Crippen LogP contribution in [0.5, 0.6) is 0 Å². The van der Waals surface area contributed by atoms with E-state index in [1.165, 1.54) is 12.8 Å². The molecule has 0 aliphatic carbocycles. The molecule has 0 fully saturated rings. The maximum absolute atomic E-state index is 14.7. The second-order valence-electron chi connectivity index (χ2n) is 9.22. The van der Waals surface area contributed by atoms with E-state index in [-0.39, 0.29) is 5.30 Å². The lowest BCUT2D eigenvalue weighted by atomic mass is 9.92. The van der Waals surface area contributed by atoms with E-state index in [4.69, 9.17) is 0 Å².